The van der Waals surface area contributed by atoms with Gasteiger partial charge in [-0.2, -0.15) is 0 Å². The molecule has 0 aromatic rings. The normalized spacial score (nSPS) is 13.8. The van der Waals surface area contributed by atoms with Crippen molar-refractivity contribution in [3.63, 3.8) is 0 Å². The lowest BCUT2D eigenvalue weighted by Gasteiger charge is -2.28. The van der Waals surface area contributed by atoms with Gasteiger partial charge in [-0.1, -0.05) is 142 Å². The Hall–Kier alpha value is -1.25. The average molecular weight is 732 g/mol. The Morgan fingerprint density at radius 2 is 1.02 bits per heavy atom. The van der Waals surface area contributed by atoms with Crippen molar-refractivity contribution in [1.29, 1.82) is 0 Å². The van der Waals surface area contributed by atoms with Gasteiger partial charge in [0.2, 0.25) is 0 Å². The summed E-state index contributed by atoms with van der Waals surface area (Å²) in [6.07, 6.45) is 32.4. The topological polar surface area (TPSA) is 111 Å². The number of unbranched alkanes of at least 4 members (excludes halogenated alkanes) is 21. The van der Waals surface area contributed by atoms with Crippen molar-refractivity contribution in [3.8, 4) is 0 Å². The maximum absolute atomic E-state index is 12.6. The number of phosphoric acid groups is 1. The Balaban J connectivity index is 4.31. The van der Waals surface area contributed by atoms with Gasteiger partial charge in [-0.05, 0) is 38.5 Å². The van der Waals surface area contributed by atoms with Crippen molar-refractivity contribution < 1.29 is 42.1 Å². The summed E-state index contributed by atoms with van der Waals surface area (Å²) in [5, 5.41) is 0. The lowest BCUT2D eigenvalue weighted by molar-refractivity contribution is -0.870. The predicted molar refractivity (Wildman–Crippen MR) is 204 cm³/mol. The van der Waals surface area contributed by atoms with Gasteiger partial charge in [0, 0.05) is 12.8 Å². The summed E-state index contributed by atoms with van der Waals surface area (Å²) < 4.78 is 33.7. The molecule has 0 amide bonds. The van der Waals surface area contributed by atoms with E-state index >= 15 is 0 Å². The number of esters is 2. The summed E-state index contributed by atoms with van der Waals surface area (Å²) >= 11 is 0. The highest BCUT2D eigenvalue weighted by Gasteiger charge is 2.21. The number of phosphoric ester groups is 1. The predicted octanol–water partition coefficient (Wildman–Crippen LogP) is 10.4. The molecule has 1 unspecified atom stereocenters. The molecule has 0 fully saturated rings. The van der Waals surface area contributed by atoms with E-state index in [0.29, 0.717) is 17.4 Å². The SMILES string of the molecule is CCCCCCCC/C=C/CCCCCCCCCC(=O)OC[C@@H](COP(=O)([O-])OCC[N+](C)(C)C)OC(=O)CCCCCCCCCCC. The molecular weight excluding hydrogens is 653 g/mol. The zero-order valence-corrected chi connectivity index (χ0v) is 34.0. The van der Waals surface area contributed by atoms with Crippen LogP contribution >= 0.6 is 7.82 Å². The number of allylic oxidation sites excluding steroid dienone is 2. The van der Waals surface area contributed by atoms with Crippen LogP contribution in [0.1, 0.15) is 181 Å². The fraction of sp³-hybridized carbons (Fsp3) is 0.900. The Bertz CT molecular complexity index is 876. The molecule has 0 heterocycles. The molecule has 9 nitrogen and oxygen atoms in total. The zero-order valence-electron chi connectivity index (χ0n) is 33.1. The molecule has 2 atom stereocenters. The third-order valence-corrected chi connectivity index (χ3v) is 9.75. The number of hydrogen-bond donors (Lipinski definition) is 0. The maximum atomic E-state index is 12.6. The number of nitrogens with zero attached hydrogens (tertiary/aromatic N) is 1. The number of carbonyl (C=O) groups excluding carboxylic acids is 2. The van der Waals surface area contributed by atoms with Gasteiger partial charge in [0.05, 0.1) is 27.7 Å². The molecule has 0 aromatic carbocycles. The highest BCUT2D eigenvalue weighted by molar-refractivity contribution is 7.45. The zero-order chi connectivity index (χ0) is 37.2. The Kier molecular flexibility index (Phi) is 32.7. The molecular formula is C40H78NO8P. The Morgan fingerprint density at radius 3 is 1.48 bits per heavy atom. The average Bonchev–Trinajstić information content (AvgIpc) is 3.06. The van der Waals surface area contributed by atoms with Crippen LogP contribution in [0.5, 0.6) is 0 Å². The second kappa shape index (κ2) is 33.6. The molecule has 0 aliphatic heterocycles. The van der Waals surface area contributed by atoms with Crippen molar-refractivity contribution in [2.75, 3.05) is 47.5 Å². The second-order valence-corrected chi connectivity index (χ2v) is 16.4. The third kappa shape index (κ3) is 36.5. The van der Waals surface area contributed by atoms with Crippen LogP contribution in [0.2, 0.25) is 0 Å². The van der Waals surface area contributed by atoms with E-state index in [1.807, 2.05) is 21.1 Å². The highest BCUT2D eigenvalue weighted by Crippen LogP contribution is 2.38. The monoisotopic (exact) mass is 732 g/mol. The van der Waals surface area contributed by atoms with Crippen molar-refractivity contribution in [3.05, 3.63) is 12.2 Å². The molecule has 0 aliphatic rings. The van der Waals surface area contributed by atoms with Crippen LogP contribution in [-0.2, 0) is 32.7 Å². The first-order chi connectivity index (χ1) is 24.0. The molecule has 0 rings (SSSR count). The Labute approximate surface area is 307 Å². The lowest BCUT2D eigenvalue weighted by atomic mass is 10.1. The van der Waals surface area contributed by atoms with E-state index in [9.17, 15) is 19.0 Å². The van der Waals surface area contributed by atoms with Gasteiger partial charge in [0.1, 0.15) is 19.8 Å². The molecule has 0 bridgehead atoms. The van der Waals surface area contributed by atoms with Gasteiger partial charge in [0.15, 0.2) is 6.10 Å². The van der Waals surface area contributed by atoms with Crippen LogP contribution in [-0.4, -0.2) is 70.0 Å². The quantitative estimate of drug-likeness (QED) is 0.0204. The van der Waals surface area contributed by atoms with Crippen LogP contribution in [0.15, 0.2) is 12.2 Å². The number of likely N-dealkylation sites (N-methyl/N-ethyl adjacent to an activating group) is 1. The first kappa shape index (κ1) is 48.8. The number of hydrogen-bond acceptors (Lipinski definition) is 8. The lowest BCUT2D eigenvalue weighted by Crippen LogP contribution is -2.37. The van der Waals surface area contributed by atoms with Gasteiger partial charge in [0.25, 0.3) is 7.82 Å². The molecule has 0 N–H and O–H groups in total. The first-order valence-electron chi connectivity index (χ1n) is 20.4. The van der Waals surface area contributed by atoms with E-state index in [1.54, 1.807) is 0 Å². The van der Waals surface area contributed by atoms with Crippen molar-refractivity contribution in [2.24, 2.45) is 0 Å². The number of ether oxygens (including phenoxy) is 2. The van der Waals surface area contributed by atoms with E-state index in [0.717, 1.165) is 51.4 Å². The highest BCUT2D eigenvalue weighted by atomic mass is 31.2. The summed E-state index contributed by atoms with van der Waals surface area (Å²) in [6.45, 7) is 4.19. The molecule has 10 heteroatoms. The molecule has 0 aliphatic carbocycles. The van der Waals surface area contributed by atoms with E-state index in [4.69, 9.17) is 18.5 Å². The molecule has 0 saturated heterocycles. The number of rotatable bonds is 37. The molecule has 0 aromatic heterocycles. The standard InChI is InChI=1S/C40H78NO8P/c1-6-8-10-12-14-16-17-18-19-20-21-22-23-25-26-28-30-32-39(42)46-36-38(37-48-50(44,45)47-35-34-41(3,4)5)49-40(43)33-31-29-27-24-15-13-11-9-7-2/h18-19,38H,6-17,20-37H2,1-5H3/b19-18+/t38-/m0/s1. The van der Waals surface area contributed by atoms with Crippen LogP contribution < -0.4 is 4.89 Å². The van der Waals surface area contributed by atoms with Gasteiger partial charge >= 0.3 is 11.9 Å². The summed E-state index contributed by atoms with van der Waals surface area (Å²) in [4.78, 5) is 37.3. The minimum atomic E-state index is -4.61. The van der Waals surface area contributed by atoms with Gasteiger partial charge in [-0.15, -0.1) is 0 Å². The van der Waals surface area contributed by atoms with Crippen molar-refractivity contribution in [2.45, 2.75) is 187 Å². The molecule has 0 radical (unpaired) electrons. The van der Waals surface area contributed by atoms with E-state index in [2.05, 4.69) is 26.0 Å². The number of carbonyl (C=O) groups is 2. The number of quaternary nitrogens is 1. The fourth-order valence-corrected chi connectivity index (χ4v) is 6.26. The second-order valence-electron chi connectivity index (χ2n) is 15.0. The molecule has 50 heavy (non-hydrogen) atoms. The minimum Gasteiger partial charge on any atom is -0.756 e. The van der Waals surface area contributed by atoms with E-state index < -0.39 is 26.5 Å². The van der Waals surface area contributed by atoms with Gasteiger partial charge in [-0.25, -0.2) is 0 Å². The van der Waals surface area contributed by atoms with Crippen LogP contribution in [0.3, 0.4) is 0 Å². The molecule has 0 saturated carbocycles. The summed E-state index contributed by atoms with van der Waals surface area (Å²) in [7, 11) is 1.17. The first-order valence-corrected chi connectivity index (χ1v) is 21.9. The van der Waals surface area contributed by atoms with Crippen molar-refractivity contribution >= 4 is 19.8 Å². The summed E-state index contributed by atoms with van der Waals surface area (Å²) in [5.41, 5.74) is 0. The Morgan fingerprint density at radius 1 is 0.600 bits per heavy atom. The van der Waals surface area contributed by atoms with Crippen LogP contribution in [0.25, 0.3) is 0 Å². The molecule has 296 valence electrons. The van der Waals surface area contributed by atoms with Gasteiger partial charge < -0.3 is 27.9 Å². The van der Waals surface area contributed by atoms with Crippen LogP contribution in [0.4, 0.5) is 0 Å². The fourth-order valence-electron chi connectivity index (χ4n) is 5.53. The summed E-state index contributed by atoms with van der Waals surface area (Å²) in [5.74, 6) is -0.837. The molecule has 0 spiro atoms. The largest absolute Gasteiger partial charge is 0.756 e. The van der Waals surface area contributed by atoms with Crippen molar-refractivity contribution in [1.82, 2.24) is 0 Å². The minimum absolute atomic E-state index is 0.0287. The third-order valence-electron chi connectivity index (χ3n) is 8.79. The van der Waals surface area contributed by atoms with E-state index in [-0.39, 0.29) is 32.0 Å². The van der Waals surface area contributed by atoms with Crippen LogP contribution in [0, 0.1) is 0 Å². The van der Waals surface area contributed by atoms with E-state index in [1.165, 1.54) is 96.3 Å². The smallest absolute Gasteiger partial charge is 0.306 e. The van der Waals surface area contributed by atoms with Gasteiger partial charge in [-0.3, -0.25) is 14.2 Å². The summed E-state index contributed by atoms with van der Waals surface area (Å²) in [6, 6.07) is 0. The maximum Gasteiger partial charge on any atom is 0.306 e.